The molecule has 0 amide bonds. The van der Waals surface area contributed by atoms with Gasteiger partial charge in [0.15, 0.2) is 0 Å². The average Bonchev–Trinajstić information content (AvgIpc) is 2.16. The standard InChI is InChI=1S/C12H25NO/c1-5-10(2)13-7-6-12(3,4)11(8-13)9-14/h10-11,14H,5-9H2,1-4H3. The monoisotopic (exact) mass is 199 g/mol. The summed E-state index contributed by atoms with van der Waals surface area (Å²) in [5.41, 5.74) is 0.318. The molecule has 14 heavy (non-hydrogen) atoms. The Morgan fingerprint density at radius 2 is 2.14 bits per heavy atom. The summed E-state index contributed by atoms with van der Waals surface area (Å²) in [6.45, 7) is 11.7. The average molecular weight is 199 g/mol. The van der Waals surface area contributed by atoms with Crippen LogP contribution in [-0.4, -0.2) is 35.7 Å². The van der Waals surface area contributed by atoms with Crippen LogP contribution in [-0.2, 0) is 0 Å². The predicted molar refractivity (Wildman–Crippen MR) is 60.3 cm³/mol. The second-order valence-electron chi connectivity index (χ2n) is 5.37. The Bertz CT molecular complexity index is 179. The van der Waals surface area contributed by atoms with Crippen molar-refractivity contribution >= 4 is 0 Å². The molecule has 1 heterocycles. The number of aliphatic hydroxyl groups is 1. The maximum absolute atomic E-state index is 9.37. The lowest BCUT2D eigenvalue weighted by molar-refractivity contribution is 0.00644. The second kappa shape index (κ2) is 4.63. The van der Waals surface area contributed by atoms with Crippen LogP contribution < -0.4 is 0 Å². The van der Waals surface area contributed by atoms with Gasteiger partial charge in [-0.1, -0.05) is 20.8 Å². The van der Waals surface area contributed by atoms with Crippen LogP contribution in [0, 0.1) is 11.3 Å². The van der Waals surface area contributed by atoms with Crippen LogP contribution in [0.25, 0.3) is 0 Å². The fourth-order valence-corrected chi connectivity index (χ4v) is 2.22. The summed E-state index contributed by atoms with van der Waals surface area (Å²) in [6.07, 6.45) is 2.42. The van der Waals surface area contributed by atoms with E-state index in [1.807, 2.05) is 0 Å². The topological polar surface area (TPSA) is 23.5 Å². The zero-order chi connectivity index (χ0) is 10.8. The fourth-order valence-electron chi connectivity index (χ4n) is 2.22. The molecule has 1 aliphatic heterocycles. The minimum Gasteiger partial charge on any atom is -0.396 e. The fraction of sp³-hybridized carbons (Fsp3) is 1.00. The van der Waals surface area contributed by atoms with E-state index < -0.39 is 0 Å². The van der Waals surface area contributed by atoms with Crippen molar-refractivity contribution in [1.29, 1.82) is 0 Å². The van der Waals surface area contributed by atoms with Gasteiger partial charge in [0.25, 0.3) is 0 Å². The van der Waals surface area contributed by atoms with Crippen molar-refractivity contribution in [3.8, 4) is 0 Å². The highest BCUT2D eigenvalue weighted by Gasteiger charge is 2.35. The van der Waals surface area contributed by atoms with Gasteiger partial charge in [0, 0.05) is 19.2 Å². The normalized spacial score (nSPS) is 30.2. The number of likely N-dealkylation sites (tertiary alicyclic amines) is 1. The zero-order valence-corrected chi connectivity index (χ0v) is 10.1. The molecule has 2 atom stereocenters. The van der Waals surface area contributed by atoms with Gasteiger partial charge in [0.2, 0.25) is 0 Å². The van der Waals surface area contributed by atoms with Crippen molar-refractivity contribution in [2.24, 2.45) is 11.3 Å². The van der Waals surface area contributed by atoms with E-state index in [9.17, 15) is 5.11 Å². The number of hydrogen-bond acceptors (Lipinski definition) is 2. The van der Waals surface area contributed by atoms with E-state index in [0.717, 1.165) is 6.54 Å². The smallest absolute Gasteiger partial charge is 0.0476 e. The van der Waals surface area contributed by atoms with E-state index in [1.165, 1.54) is 19.4 Å². The van der Waals surface area contributed by atoms with E-state index in [0.29, 0.717) is 24.0 Å². The molecule has 1 aliphatic rings. The highest BCUT2D eigenvalue weighted by Crippen LogP contribution is 2.35. The molecule has 0 spiro atoms. The highest BCUT2D eigenvalue weighted by atomic mass is 16.3. The van der Waals surface area contributed by atoms with Crippen LogP contribution in [0.15, 0.2) is 0 Å². The minimum atomic E-state index is 0.318. The molecule has 2 unspecified atom stereocenters. The molecule has 0 aromatic carbocycles. The SMILES string of the molecule is CCC(C)N1CCC(C)(C)C(CO)C1. The third kappa shape index (κ3) is 2.48. The number of rotatable bonds is 3. The van der Waals surface area contributed by atoms with Crippen LogP contribution in [0.5, 0.6) is 0 Å². The van der Waals surface area contributed by atoms with Gasteiger partial charge in [-0.05, 0) is 37.6 Å². The van der Waals surface area contributed by atoms with Crippen LogP contribution in [0.3, 0.4) is 0 Å². The largest absolute Gasteiger partial charge is 0.396 e. The molecule has 2 heteroatoms. The first-order chi connectivity index (χ1) is 6.51. The van der Waals surface area contributed by atoms with Crippen molar-refractivity contribution in [3.05, 3.63) is 0 Å². The van der Waals surface area contributed by atoms with Gasteiger partial charge >= 0.3 is 0 Å². The van der Waals surface area contributed by atoms with E-state index in [4.69, 9.17) is 0 Å². The van der Waals surface area contributed by atoms with Gasteiger partial charge in [-0.3, -0.25) is 0 Å². The number of nitrogens with zero attached hydrogens (tertiary/aromatic N) is 1. The summed E-state index contributed by atoms with van der Waals surface area (Å²) >= 11 is 0. The Kier molecular flexibility index (Phi) is 3.96. The molecular formula is C12H25NO. The Balaban J connectivity index is 2.57. The van der Waals surface area contributed by atoms with Gasteiger partial charge in [0.05, 0.1) is 0 Å². The Labute approximate surface area is 88.3 Å². The first-order valence-electron chi connectivity index (χ1n) is 5.86. The van der Waals surface area contributed by atoms with E-state index in [-0.39, 0.29) is 0 Å². The lowest BCUT2D eigenvalue weighted by Crippen LogP contribution is -2.49. The van der Waals surface area contributed by atoms with Crippen molar-refractivity contribution in [1.82, 2.24) is 4.90 Å². The van der Waals surface area contributed by atoms with E-state index in [2.05, 4.69) is 32.6 Å². The summed E-state index contributed by atoms with van der Waals surface area (Å²) in [5.74, 6) is 0.449. The van der Waals surface area contributed by atoms with Gasteiger partial charge < -0.3 is 10.0 Å². The molecule has 0 radical (unpaired) electrons. The molecule has 1 saturated heterocycles. The molecule has 1 rings (SSSR count). The summed E-state index contributed by atoms with van der Waals surface area (Å²) in [7, 11) is 0. The molecule has 2 nitrogen and oxygen atoms in total. The van der Waals surface area contributed by atoms with Gasteiger partial charge in [-0.25, -0.2) is 0 Å². The molecular weight excluding hydrogens is 174 g/mol. The quantitative estimate of drug-likeness (QED) is 0.752. The van der Waals surface area contributed by atoms with Crippen molar-refractivity contribution in [2.45, 2.75) is 46.6 Å². The molecule has 1 fully saturated rings. The first kappa shape index (κ1) is 12.0. The Hall–Kier alpha value is -0.0800. The summed E-state index contributed by atoms with van der Waals surface area (Å²) in [6, 6.07) is 0.667. The number of aliphatic hydroxyl groups excluding tert-OH is 1. The Morgan fingerprint density at radius 1 is 1.50 bits per heavy atom. The van der Waals surface area contributed by atoms with E-state index in [1.54, 1.807) is 0 Å². The van der Waals surface area contributed by atoms with Gasteiger partial charge in [-0.15, -0.1) is 0 Å². The maximum atomic E-state index is 9.37. The molecule has 0 saturated carbocycles. The first-order valence-corrected chi connectivity index (χ1v) is 5.86. The lowest BCUT2D eigenvalue weighted by Gasteiger charge is -2.45. The third-order valence-electron chi connectivity index (χ3n) is 4.04. The van der Waals surface area contributed by atoms with Crippen molar-refractivity contribution in [3.63, 3.8) is 0 Å². The maximum Gasteiger partial charge on any atom is 0.0476 e. The van der Waals surface area contributed by atoms with Crippen molar-refractivity contribution in [2.75, 3.05) is 19.7 Å². The molecule has 84 valence electrons. The minimum absolute atomic E-state index is 0.318. The molecule has 1 N–H and O–H groups in total. The number of piperidine rings is 1. The predicted octanol–water partition coefficient (Wildman–Crippen LogP) is 2.13. The molecule has 0 bridgehead atoms. The third-order valence-corrected chi connectivity index (χ3v) is 4.04. The van der Waals surface area contributed by atoms with E-state index >= 15 is 0 Å². The Morgan fingerprint density at radius 3 is 2.64 bits per heavy atom. The zero-order valence-electron chi connectivity index (χ0n) is 10.1. The van der Waals surface area contributed by atoms with Crippen LogP contribution in [0.2, 0.25) is 0 Å². The summed E-state index contributed by atoms with van der Waals surface area (Å²) < 4.78 is 0. The van der Waals surface area contributed by atoms with Gasteiger partial charge in [0.1, 0.15) is 0 Å². The van der Waals surface area contributed by atoms with Crippen LogP contribution in [0.4, 0.5) is 0 Å². The highest BCUT2D eigenvalue weighted by molar-refractivity contribution is 4.87. The van der Waals surface area contributed by atoms with Crippen LogP contribution >= 0.6 is 0 Å². The molecule has 0 aliphatic carbocycles. The van der Waals surface area contributed by atoms with Crippen molar-refractivity contribution < 1.29 is 5.11 Å². The van der Waals surface area contributed by atoms with Gasteiger partial charge in [-0.2, -0.15) is 0 Å². The van der Waals surface area contributed by atoms with Crippen LogP contribution in [0.1, 0.15) is 40.5 Å². The second-order valence-corrected chi connectivity index (χ2v) is 5.37. The summed E-state index contributed by atoms with van der Waals surface area (Å²) in [4.78, 5) is 2.52. The summed E-state index contributed by atoms with van der Waals surface area (Å²) in [5, 5.41) is 9.37. The lowest BCUT2D eigenvalue weighted by atomic mass is 9.73. The molecule has 0 aromatic rings. The molecule has 0 aromatic heterocycles. The number of hydrogen-bond donors (Lipinski definition) is 1.